The number of benzene rings is 1. The standard InChI is InChI=1S/C18H25N3O3/c1-23-17-12-15(13-19)6-7-16(17)24-14-18(22)20-8-5-11-21-9-3-2-4-10-21/h6-7,12H,2-5,8-11,14H2,1H3,(H,20,22). The summed E-state index contributed by atoms with van der Waals surface area (Å²) in [5, 5.41) is 11.7. The molecule has 2 rings (SSSR count). The highest BCUT2D eigenvalue weighted by molar-refractivity contribution is 5.77. The maximum Gasteiger partial charge on any atom is 0.257 e. The first-order chi connectivity index (χ1) is 11.7. The minimum absolute atomic E-state index is 0.0635. The van der Waals surface area contributed by atoms with Gasteiger partial charge < -0.3 is 19.7 Å². The molecule has 0 unspecified atom stereocenters. The molecular weight excluding hydrogens is 306 g/mol. The fourth-order valence-electron chi connectivity index (χ4n) is 2.76. The minimum Gasteiger partial charge on any atom is -0.493 e. The molecule has 24 heavy (non-hydrogen) atoms. The van der Waals surface area contributed by atoms with E-state index in [0.717, 1.165) is 13.0 Å². The first kappa shape index (κ1) is 18.1. The van der Waals surface area contributed by atoms with Crippen molar-refractivity contribution < 1.29 is 14.3 Å². The maximum absolute atomic E-state index is 11.8. The van der Waals surface area contributed by atoms with E-state index in [1.165, 1.54) is 39.5 Å². The van der Waals surface area contributed by atoms with Gasteiger partial charge in [0.2, 0.25) is 0 Å². The Kier molecular flexibility index (Phi) is 7.37. The van der Waals surface area contributed by atoms with Gasteiger partial charge in [-0.2, -0.15) is 5.26 Å². The zero-order valence-electron chi connectivity index (χ0n) is 14.2. The van der Waals surface area contributed by atoms with E-state index in [9.17, 15) is 4.79 Å². The van der Waals surface area contributed by atoms with Gasteiger partial charge in [-0.15, -0.1) is 0 Å². The highest BCUT2D eigenvalue weighted by Gasteiger charge is 2.10. The Bertz CT molecular complexity index is 577. The van der Waals surface area contributed by atoms with Crippen LogP contribution in [0.2, 0.25) is 0 Å². The summed E-state index contributed by atoms with van der Waals surface area (Å²) >= 11 is 0. The molecular formula is C18H25N3O3. The second kappa shape index (κ2) is 9.78. The second-order valence-corrected chi connectivity index (χ2v) is 5.87. The Morgan fingerprint density at radius 2 is 2.08 bits per heavy atom. The van der Waals surface area contributed by atoms with E-state index in [0.29, 0.717) is 23.6 Å². The van der Waals surface area contributed by atoms with Gasteiger partial charge in [-0.1, -0.05) is 6.42 Å². The molecule has 1 aliphatic heterocycles. The molecule has 1 saturated heterocycles. The molecule has 6 nitrogen and oxygen atoms in total. The zero-order valence-corrected chi connectivity index (χ0v) is 14.2. The molecule has 1 aromatic rings. The fourth-order valence-corrected chi connectivity index (χ4v) is 2.76. The lowest BCUT2D eigenvalue weighted by molar-refractivity contribution is -0.123. The molecule has 1 amide bonds. The monoisotopic (exact) mass is 331 g/mol. The fraction of sp³-hybridized carbons (Fsp3) is 0.556. The molecule has 0 aliphatic carbocycles. The van der Waals surface area contributed by atoms with Crippen LogP contribution in [-0.2, 0) is 4.79 Å². The van der Waals surface area contributed by atoms with Gasteiger partial charge in [0.1, 0.15) is 0 Å². The number of piperidine rings is 1. The molecule has 1 heterocycles. The molecule has 6 heteroatoms. The molecule has 0 saturated carbocycles. The van der Waals surface area contributed by atoms with Crippen molar-refractivity contribution in [2.75, 3.05) is 39.9 Å². The van der Waals surface area contributed by atoms with Gasteiger partial charge in [0.15, 0.2) is 18.1 Å². The number of nitrogens with zero attached hydrogens (tertiary/aromatic N) is 2. The highest BCUT2D eigenvalue weighted by atomic mass is 16.5. The first-order valence-electron chi connectivity index (χ1n) is 8.43. The van der Waals surface area contributed by atoms with Crippen molar-refractivity contribution in [3.05, 3.63) is 23.8 Å². The second-order valence-electron chi connectivity index (χ2n) is 5.87. The van der Waals surface area contributed by atoms with Crippen molar-refractivity contribution in [1.29, 1.82) is 5.26 Å². The van der Waals surface area contributed by atoms with Crippen LogP contribution in [0, 0.1) is 11.3 Å². The van der Waals surface area contributed by atoms with E-state index in [-0.39, 0.29) is 12.5 Å². The predicted molar refractivity (Wildman–Crippen MR) is 91.1 cm³/mol. The van der Waals surface area contributed by atoms with E-state index < -0.39 is 0 Å². The zero-order chi connectivity index (χ0) is 17.2. The van der Waals surface area contributed by atoms with Crippen LogP contribution in [0.5, 0.6) is 11.5 Å². The van der Waals surface area contributed by atoms with E-state index in [1.807, 2.05) is 6.07 Å². The molecule has 0 bridgehead atoms. The van der Waals surface area contributed by atoms with E-state index in [1.54, 1.807) is 18.2 Å². The average Bonchev–Trinajstić information content (AvgIpc) is 2.64. The first-order valence-corrected chi connectivity index (χ1v) is 8.43. The van der Waals surface area contributed by atoms with Crippen LogP contribution in [0.4, 0.5) is 0 Å². The largest absolute Gasteiger partial charge is 0.493 e. The molecule has 0 radical (unpaired) electrons. The Hall–Kier alpha value is -2.26. The number of amides is 1. The number of nitriles is 1. The Morgan fingerprint density at radius 3 is 2.79 bits per heavy atom. The highest BCUT2D eigenvalue weighted by Crippen LogP contribution is 2.27. The summed E-state index contributed by atoms with van der Waals surface area (Å²) in [6, 6.07) is 6.90. The van der Waals surface area contributed by atoms with Crippen LogP contribution in [0.25, 0.3) is 0 Å². The van der Waals surface area contributed by atoms with Crippen LogP contribution in [0.15, 0.2) is 18.2 Å². The van der Waals surface area contributed by atoms with Gasteiger partial charge in [-0.05, 0) is 51.0 Å². The number of ether oxygens (including phenoxy) is 2. The minimum atomic E-state index is -0.153. The smallest absolute Gasteiger partial charge is 0.257 e. The summed E-state index contributed by atoms with van der Waals surface area (Å²) in [5.74, 6) is 0.756. The van der Waals surface area contributed by atoms with Crippen molar-refractivity contribution in [2.45, 2.75) is 25.7 Å². The van der Waals surface area contributed by atoms with Gasteiger partial charge in [0.05, 0.1) is 18.7 Å². The summed E-state index contributed by atoms with van der Waals surface area (Å²) in [7, 11) is 1.50. The number of likely N-dealkylation sites (tertiary alicyclic amines) is 1. The number of hydrogen-bond acceptors (Lipinski definition) is 5. The number of methoxy groups -OCH3 is 1. The summed E-state index contributed by atoms with van der Waals surface area (Å²) < 4.78 is 10.7. The SMILES string of the molecule is COc1cc(C#N)ccc1OCC(=O)NCCCN1CCCCC1. The van der Waals surface area contributed by atoms with Gasteiger partial charge in [-0.25, -0.2) is 0 Å². The number of hydrogen-bond donors (Lipinski definition) is 1. The Labute approximate surface area is 143 Å². The van der Waals surface area contributed by atoms with Crippen LogP contribution in [0.1, 0.15) is 31.2 Å². The molecule has 1 aromatic carbocycles. The molecule has 1 aliphatic rings. The molecule has 130 valence electrons. The number of rotatable bonds is 8. The van der Waals surface area contributed by atoms with Gasteiger partial charge in [0, 0.05) is 12.6 Å². The van der Waals surface area contributed by atoms with Crippen LogP contribution < -0.4 is 14.8 Å². The number of carbonyl (C=O) groups excluding carboxylic acids is 1. The quantitative estimate of drug-likeness (QED) is 0.737. The van der Waals surface area contributed by atoms with Crippen LogP contribution in [0.3, 0.4) is 0 Å². The van der Waals surface area contributed by atoms with E-state index in [4.69, 9.17) is 14.7 Å². The summed E-state index contributed by atoms with van der Waals surface area (Å²) in [6.45, 7) is 3.98. The normalized spacial score (nSPS) is 14.7. The third kappa shape index (κ3) is 5.74. The van der Waals surface area contributed by atoms with Crippen molar-refractivity contribution in [1.82, 2.24) is 10.2 Å². The lowest BCUT2D eigenvalue weighted by Crippen LogP contribution is -2.34. The van der Waals surface area contributed by atoms with E-state index >= 15 is 0 Å². The van der Waals surface area contributed by atoms with Crippen molar-refractivity contribution in [3.8, 4) is 17.6 Å². The molecule has 1 N–H and O–H groups in total. The van der Waals surface area contributed by atoms with Crippen molar-refractivity contribution in [2.24, 2.45) is 0 Å². The third-order valence-electron chi connectivity index (χ3n) is 4.07. The Morgan fingerprint density at radius 1 is 1.29 bits per heavy atom. The van der Waals surface area contributed by atoms with Crippen molar-refractivity contribution in [3.63, 3.8) is 0 Å². The predicted octanol–water partition coefficient (Wildman–Crippen LogP) is 1.94. The topological polar surface area (TPSA) is 74.6 Å². The number of carbonyl (C=O) groups is 1. The summed E-state index contributed by atoms with van der Waals surface area (Å²) in [6.07, 6.45) is 4.86. The lowest BCUT2D eigenvalue weighted by Gasteiger charge is -2.26. The van der Waals surface area contributed by atoms with Gasteiger partial charge in [0.25, 0.3) is 5.91 Å². The van der Waals surface area contributed by atoms with Gasteiger partial charge >= 0.3 is 0 Å². The third-order valence-corrected chi connectivity index (χ3v) is 4.07. The molecule has 0 atom stereocenters. The Balaban J connectivity index is 1.66. The van der Waals surface area contributed by atoms with Crippen LogP contribution in [-0.4, -0.2) is 50.7 Å². The molecule has 0 aromatic heterocycles. The summed E-state index contributed by atoms with van der Waals surface area (Å²) in [4.78, 5) is 14.3. The maximum atomic E-state index is 11.8. The summed E-state index contributed by atoms with van der Waals surface area (Å²) in [5.41, 5.74) is 0.487. The van der Waals surface area contributed by atoms with Crippen molar-refractivity contribution >= 4 is 5.91 Å². The van der Waals surface area contributed by atoms with Gasteiger partial charge in [-0.3, -0.25) is 4.79 Å². The average molecular weight is 331 g/mol. The van der Waals surface area contributed by atoms with Crippen LogP contribution >= 0.6 is 0 Å². The molecule has 1 fully saturated rings. The van der Waals surface area contributed by atoms with E-state index in [2.05, 4.69) is 10.2 Å². The number of nitrogens with one attached hydrogen (secondary N) is 1. The molecule has 0 spiro atoms. The lowest BCUT2D eigenvalue weighted by atomic mass is 10.1.